The molecule has 2 aromatic carbocycles. The zero-order chi connectivity index (χ0) is 18.5. The van der Waals surface area contributed by atoms with Gasteiger partial charge in [-0.05, 0) is 24.0 Å². The summed E-state index contributed by atoms with van der Waals surface area (Å²) in [5.74, 6) is 0.383. The van der Waals surface area contributed by atoms with Gasteiger partial charge in [0.05, 0.1) is 5.92 Å². The number of carbonyl (C=O) groups excluding carboxylic acids is 2. The molecule has 0 spiro atoms. The second kappa shape index (κ2) is 8.44. The van der Waals surface area contributed by atoms with E-state index in [2.05, 4.69) is 0 Å². The molecule has 3 rings (SSSR count). The number of hydrogen-bond donors (Lipinski definition) is 0. The van der Waals surface area contributed by atoms with Gasteiger partial charge in [-0.2, -0.15) is 0 Å². The van der Waals surface area contributed by atoms with Crippen molar-refractivity contribution in [3.63, 3.8) is 0 Å². The van der Waals surface area contributed by atoms with Crippen molar-refractivity contribution >= 4 is 11.6 Å². The first-order valence-corrected chi connectivity index (χ1v) is 9.80. The highest BCUT2D eigenvalue weighted by Crippen LogP contribution is 2.34. The van der Waals surface area contributed by atoms with Crippen molar-refractivity contribution in [3.8, 4) is 0 Å². The van der Waals surface area contributed by atoms with Crippen molar-refractivity contribution in [3.05, 3.63) is 71.3 Å². The largest absolute Gasteiger partial charge is 0.298 e. The lowest BCUT2D eigenvalue weighted by Crippen LogP contribution is -2.25. The highest BCUT2D eigenvalue weighted by Gasteiger charge is 2.30. The molecule has 0 aromatic heterocycles. The van der Waals surface area contributed by atoms with Crippen molar-refractivity contribution in [1.82, 2.24) is 0 Å². The van der Waals surface area contributed by atoms with Gasteiger partial charge in [0.15, 0.2) is 5.78 Å². The zero-order valence-corrected chi connectivity index (χ0v) is 15.8. The molecule has 2 heteroatoms. The Labute approximate surface area is 156 Å². The molecule has 136 valence electrons. The van der Waals surface area contributed by atoms with E-state index >= 15 is 0 Å². The Morgan fingerprint density at radius 3 is 1.96 bits per heavy atom. The summed E-state index contributed by atoms with van der Waals surface area (Å²) in [7, 11) is 0. The fourth-order valence-electron chi connectivity index (χ4n) is 3.96. The predicted octanol–water partition coefficient (Wildman–Crippen LogP) is 5.81. The lowest BCUT2D eigenvalue weighted by molar-refractivity contribution is -0.124. The Morgan fingerprint density at radius 1 is 0.808 bits per heavy atom. The molecular weight excluding hydrogens is 320 g/mol. The van der Waals surface area contributed by atoms with E-state index in [0.29, 0.717) is 5.78 Å². The average molecular weight is 348 g/mol. The van der Waals surface area contributed by atoms with Gasteiger partial charge in [-0.1, -0.05) is 87.7 Å². The van der Waals surface area contributed by atoms with E-state index in [0.717, 1.165) is 42.4 Å². The molecule has 1 fully saturated rings. The van der Waals surface area contributed by atoms with Gasteiger partial charge in [-0.3, -0.25) is 9.59 Å². The Kier molecular flexibility index (Phi) is 6.03. The molecule has 1 aliphatic carbocycles. The van der Waals surface area contributed by atoms with Crippen LogP contribution < -0.4 is 0 Å². The first-order chi connectivity index (χ1) is 12.6. The van der Waals surface area contributed by atoms with Crippen LogP contribution in [-0.4, -0.2) is 11.6 Å². The van der Waals surface area contributed by atoms with E-state index in [4.69, 9.17) is 0 Å². The molecule has 0 amide bonds. The molecule has 0 heterocycles. The molecule has 0 N–H and O–H groups in total. The molecule has 0 radical (unpaired) electrons. The summed E-state index contributed by atoms with van der Waals surface area (Å²) in [5, 5.41) is 0. The smallest absolute Gasteiger partial charge is 0.165 e. The molecule has 26 heavy (non-hydrogen) atoms. The summed E-state index contributed by atoms with van der Waals surface area (Å²) in [6.07, 6.45) is 5.56. The van der Waals surface area contributed by atoms with Crippen LogP contribution in [0.5, 0.6) is 0 Å². The lowest BCUT2D eigenvalue weighted by atomic mass is 9.76. The normalized spacial score (nSPS) is 16.4. The Balaban J connectivity index is 1.93. The maximum Gasteiger partial charge on any atom is 0.165 e. The Morgan fingerprint density at radius 2 is 1.38 bits per heavy atom. The van der Waals surface area contributed by atoms with Crippen molar-refractivity contribution in [2.45, 2.75) is 51.9 Å². The minimum Gasteiger partial charge on any atom is -0.298 e. The van der Waals surface area contributed by atoms with Crippen molar-refractivity contribution < 1.29 is 9.59 Å². The fraction of sp³-hybridized carbons (Fsp3) is 0.417. The third-order valence-electron chi connectivity index (χ3n) is 5.48. The van der Waals surface area contributed by atoms with Gasteiger partial charge in [0.2, 0.25) is 0 Å². The van der Waals surface area contributed by atoms with Crippen LogP contribution in [0.3, 0.4) is 0 Å². The monoisotopic (exact) mass is 348 g/mol. The maximum atomic E-state index is 13.4. The van der Waals surface area contributed by atoms with Crippen LogP contribution in [-0.2, 0) is 4.79 Å². The minimum atomic E-state index is -0.234. The predicted molar refractivity (Wildman–Crippen MR) is 105 cm³/mol. The van der Waals surface area contributed by atoms with E-state index < -0.39 is 0 Å². The highest BCUT2D eigenvalue weighted by atomic mass is 16.1. The topological polar surface area (TPSA) is 34.1 Å². The van der Waals surface area contributed by atoms with Crippen LogP contribution in [0.15, 0.2) is 54.6 Å². The molecule has 0 bridgehead atoms. The van der Waals surface area contributed by atoms with Crippen LogP contribution in [0.2, 0.25) is 0 Å². The van der Waals surface area contributed by atoms with E-state index in [1.165, 1.54) is 6.42 Å². The molecule has 0 saturated heterocycles. The van der Waals surface area contributed by atoms with Gasteiger partial charge in [0.25, 0.3) is 0 Å². The van der Waals surface area contributed by atoms with Gasteiger partial charge in [-0.15, -0.1) is 0 Å². The minimum absolute atomic E-state index is 0.0189. The maximum absolute atomic E-state index is 13.4. The summed E-state index contributed by atoms with van der Waals surface area (Å²) >= 11 is 0. The summed E-state index contributed by atoms with van der Waals surface area (Å²) in [6, 6.07) is 17.7. The molecule has 1 atom stereocenters. The summed E-state index contributed by atoms with van der Waals surface area (Å²) in [6.45, 7) is 3.82. The molecule has 1 unspecified atom stereocenters. The molecule has 2 nitrogen and oxygen atoms in total. The second-order valence-corrected chi connectivity index (χ2v) is 7.72. The third-order valence-corrected chi connectivity index (χ3v) is 5.48. The van der Waals surface area contributed by atoms with Crippen molar-refractivity contribution in [1.29, 1.82) is 0 Å². The summed E-state index contributed by atoms with van der Waals surface area (Å²) < 4.78 is 0. The quantitative estimate of drug-likeness (QED) is 0.618. The van der Waals surface area contributed by atoms with E-state index in [1.807, 2.05) is 68.4 Å². The lowest BCUT2D eigenvalue weighted by Gasteiger charge is -2.26. The summed E-state index contributed by atoms with van der Waals surface area (Å²) in [5.41, 5.74) is 2.76. The van der Waals surface area contributed by atoms with E-state index in [9.17, 15) is 9.59 Å². The SMILES string of the molecule is CC(C)C(=O)c1ccc(C(C(=O)C2CCCCC2)c2ccccc2)cc1. The molecule has 1 aliphatic rings. The number of benzene rings is 2. The highest BCUT2D eigenvalue weighted by molar-refractivity contribution is 5.97. The zero-order valence-electron chi connectivity index (χ0n) is 15.8. The molecular formula is C24H28O2. The van der Waals surface area contributed by atoms with Gasteiger partial charge >= 0.3 is 0 Å². The molecule has 0 aliphatic heterocycles. The van der Waals surface area contributed by atoms with Gasteiger partial charge < -0.3 is 0 Å². The van der Waals surface area contributed by atoms with Crippen molar-refractivity contribution in [2.24, 2.45) is 11.8 Å². The Bertz CT molecular complexity index is 738. The number of Topliss-reactive ketones (excluding diaryl/α,β-unsaturated/α-hetero) is 2. The third kappa shape index (κ3) is 4.12. The number of hydrogen-bond acceptors (Lipinski definition) is 2. The van der Waals surface area contributed by atoms with Gasteiger partial charge in [-0.25, -0.2) is 0 Å². The van der Waals surface area contributed by atoms with Gasteiger partial charge in [0.1, 0.15) is 5.78 Å². The van der Waals surface area contributed by atoms with Crippen LogP contribution >= 0.6 is 0 Å². The van der Waals surface area contributed by atoms with Crippen LogP contribution in [0.4, 0.5) is 0 Å². The number of ketones is 2. The number of carbonyl (C=O) groups is 2. The fourth-order valence-corrected chi connectivity index (χ4v) is 3.96. The van der Waals surface area contributed by atoms with Crippen LogP contribution in [0.1, 0.15) is 73.4 Å². The van der Waals surface area contributed by atoms with E-state index in [1.54, 1.807) is 0 Å². The first-order valence-electron chi connectivity index (χ1n) is 9.80. The second-order valence-electron chi connectivity index (χ2n) is 7.72. The summed E-state index contributed by atoms with van der Waals surface area (Å²) in [4.78, 5) is 25.6. The van der Waals surface area contributed by atoms with Gasteiger partial charge in [0, 0.05) is 17.4 Å². The first kappa shape index (κ1) is 18.6. The molecule has 2 aromatic rings. The van der Waals surface area contributed by atoms with Crippen LogP contribution in [0, 0.1) is 11.8 Å². The standard InChI is InChI=1S/C24H28O2/c1-17(2)23(25)21-15-13-19(14-16-21)22(18-9-5-3-6-10-18)24(26)20-11-7-4-8-12-20/h3,5-6,9-10,13-17,20,22H,4,7-8,11-12H2,1-2H3. The van der Waals surface area contributed by atoms with E-state index in [-0.39, 0.29) is 23.5 Å². The van der Waals surface area contributed by atoms with Crippen molar-refractivity contribution in [2.75, 3.05) is 0 Å². The number of rotatable bonds is 6. The van der Waals surface area contributed by atoms with Crippen LogP contribution in [0.25, 0.3) is 0 Å². The molecule has 1 saturated carbocycles. The average Bonchev–Trinajstić information content (AvgIpc) is 2.69. The Hall–Kier alpha value is -2.22.